The van der Waals surface area contributed by atoms with Crippen molar-refractivity contribution >= 4 is 91.3 Å². The topological polar surface area (TPSA) is 66.3 Å². The molecule has 134 valence electrons. The minimum absolute atomic E-state index is 0.0458. The van der Waals surface area contributed by atoms with Gasteiger partial charge in [0.2, 0.25) is 3.79 Å². The lowest BCUT2D eigenvalue weighted by Gasteiger charge is -2.27. The van der Waals surface area contributed by atoms with Crippen molar-refractivity contribution in [2.24, 2.45) is 0 Å². The van der Waals surface area contributed by atoms with Crippen molar-refractivity contribution in [2.75, 3.05) is 5.32 Å². The highest BCUT2D eigenvalue weighted by Crippen LogP contribution is 2.29. The maximum absolute atomic E-state index is 12.2. The molecule has 0 saturated heterocycles. The van der Waals surface area contributed by atoms with Gasteiger partial charge in [0.25, 0.3) is 5.91 Å². The number of halogens is 5. The lowest BCUT2D eigenvalue weighted by molar-refractivity contribution is 0.0905. The second-order valence-corrected chi connectivity index (χ2v) is 8.65. The molecule has 1 atom stereocenters. The first-order valence-corrected chi connectivity index (χ1v) is 9.32. The van der Waals surface area contributed by atoms with Crippen molar-refractivity contribution in [1.29, 1.82) is 0 Å². The average Bonchev–Trinajstić information content (AvgIpc) is 2.94. The molecule has 0 spiro atoms. The van der Waals surface area contributed by atoms with Gasteiger partial charge < -0.3 is 20.4 Å². The number of rotatable bonds is 4. The highest BCUT2D eigenvalue weighted by atomic mass is 79.9. The third kappa shape index (κ3) is 6.51. The largest absolute Gasteiger partial charge is 0.444 e. The molecule has 25 heavy (non-hydrogen) atoms. The summed E-state index contributed by atoms with van der Waals surface area (Å²) in [5, 5.41) is 8.85. The molecule has 0 fully saturated rings. The van der Waals surface area contributed by atoms with E-state index in [9.17, 15) is 4.79 Å². The Balaban J connectivity index is 2.03. The highest BCUT2D eigenvalue weighted by Gasteiger charge is 2.35. The molecule has 1 aromatic heterocycles. The maximum Gasteiger partial charge on any atom is 0.288 e. The van der Waals surface area contributed by atoms with Crippen LogP contribution in [0, 0.1) is 0 Å². The first-order chi connectivity index (χ1) is 11.6. The predicted molar refractivity (Wildman–Crippen MR) is 109 cm³/mol. The second-order valence-electron chi connectivity index (χ2n) is 4.66. The summed E-state index contributed by atoms with van der Waals surface area (Å²) in [6.07, 6.45) is -1.11. The molecule has 0 radical (unpaired) electrons. The van der Waals surface area contributed by atoms with Crippen molar-refractivity contribution in [3.05, 3.63) is 51.9 Å². The Morgan fingerprint density at radius 1 is 1.12 bits per heavy atom. The molecule has 0 saturated carbocycles. The molecule has 1 amide bonds. The number of thiocarbonyl (C=S) groups is 1. The Morgan fingerprint density at radius 3 is 2.28 bits per heavy atom. The second kappa shape index (κ2) is 8.79. The van der Waals surface area contributed by atoms with Crippen LogP contribution in [0.5, 0.6) is 0 Å². The monoisotopic (exact) mass is 503 g/mol. The number of anilines is 1. The van der Waals surface area contributed by atoms with Crippen LogP contribution in [0.25, 0.3) is 0 Å². The molecule has 1 heterocycles. The van der Waals surface area contributed by atoms with Gasteiger partial charge in [-0.25, -0.2) is 0 Å². The number of hydrogen-bond acceptors (Lipinski definition) is 3. The Labute approximate surface area is 177 Å². The third-order valence-electron chi connectivity index (χ3n) is 2.78. The lowest BCUT2D eigenvalue weighted by atomic mass is 10.3. The van der Waals surface area contributed by atoms with Crippen LogP contribution in [0.2, 0.25) is 5.02 Å². The van der Waals surface area contributed by atoms with Gasteiger partial charge in [-0.1, -0.05) is 46.4 Å². The third-order valence-corrected chi connectivity index (χ3v) is 4.33. The summed E-state index contributed by atoms with van der Waals surface area (Å²) in [5.41, 5.74) is 0.672. The van der Waals surface area contributed by atoms with Crippen molar-refractivity contribution < 1.29 is 9.21 Å². The summed E-state index contributed by atoms with van der Waals surface area (Å²) in [7, 11) is 0. The molecule has 1 aromatic carbocycles. The van der Waals surface area contributed by atoms with Gasteiger partial charge in [0.05, 0.1) is 0 Å². The van der Waals surface area contributed by atoms with E-state index in [4.69, 9.17) is 63.0 Å². The van der Waals surface area contributed by atoms with Crippen molar-refractivity contribution in [1.82, 2.24) is 10.6 Å². The van der Waals surface area contributed by atoms with Crippen LogP contribution >= 0.6 is 74.6 Å². The molecule has 0 aliphatic rings. The first kappa shape index (κ1) is 20.6. The predicted octanol–water partition coefficient (Wildman–Crippen LogP) is 5.11. The maximum atomic E-state index is 12.2. The van der Waals surface area contributed by atoms with Crippen molar-refractivity contribution in [3.63, 3.8) is 0 Å². The van der Waals surface area contributed by atoms with Crippen molar-refractivity contribution in [2.45, 2.75) is 9.96 Å². The SMILES string of the molecule is O=C(NC(NC(=S)Nc1ccc(Cl)cc1)C(Cl)(Cl)Cl)c1ccc(Br)o1. The Bertz CT molecular complexity index is 764. The van der Waals surface area contributed by atoms with E-state index in [2.05, 4.69) is 31.9 Å². The average molecular weight is 506 g/mol. The zero-order valence-electron chi connectivity index (χ0n) is 12.2. The zero-order valence-corrected chi connectivity index (χ0v) is 17.6. The standard InChI is InChI=1S/C14H10BrCl4N3O2S/c15-10-6-5-9(24-10)11(23)21-12(14(17,18)19)22-13(25)20-8-3-1-7(16)2-4-8/h1-6,12H,(H,21,23)(H2,20,22,25). The first-order valence-electron chi connectivity index (χ1n) is 6.61. The van der Waals surface area contributed by atoms with Crippen LogP contribution in [0.1, 0.15) is 10.6 Å². The minimum Gasteiger partial charge on any atom is -0.444 e. The van der Waals surface area contributed by atoms with E-state index in [0.717, 1.165) is 0 Å². The number of amides is 1. The van der Waals surface area contributed by atoms with Crippen LogP contribution < -0.4 is 16.0 Å². The normalized spacial score (nSPS) is 12.4. The van der Waals surface area contributed by atoms with Gasteiger partial charge in [0, 0.05) is 10.7 Å². The van der Waals surface area contributed by atoms with E-state index in [-0.39, 0.29) is 10.9 Å². The fourth-order valence-corrected chi connectivity index (χ4v) is 2.67. The van der Waals surface area contributed by atoms with Crippen molar-refractivity contribution in [3.8, 4) is 0 Å². The molecule has 1 unspecified atom stereocenters. The van der Waals surface area contributed by atoms with Crippen LogP contribution in [-0.4, -0.2) is 21.0 Å². The fraction of sp³-hybridized carbons (Fsp3) is 0.143. The number of alkyl halides is 3. The quantitative estimate of drug-likeness (QED) is 0.306. The van der Waals surface area contributed by atoms with Crippen LogP contribution in [0.3, 0.4) is 0 Å². The number of benzene rings is 1. The van der Waals surface area contributed by atoms with Gasteiger partial charge in [-0.05, 0) is 64.5 Å². The number of furan rings is 1. The van der Waals surface area contributed by atoms with Gasteiger partial charge >= 0.3 is 0 Å². The Kier molecular flexibility index (Phi) is 7.25. The van der Waals surface area contributed by atoms with Crippen LogP contribution in [-0.2, 0) is 0 Å². The van der Waals surface area contributed by atoms with Crippen LogP contribution in [0.15, 0.2) is 45.5 Å². The number of carbonyl (C=O) groups is 1. The van der Waals surface area contributed by atoms with E-state index >= 15 is 0 Å². The van der Waals surface area contributed by atoms with Gasteiger partial charge in [0.15, 0.2) is 15.5 Å². The molecule has 11 heteroatoms. The van der Waals surface area contributed by atoms with Gasteiger partial charge in [-0.3, -0.25) is 4.79 Å². The molecule has 2 aromatic rings. The van der Waals surface area contributed by atoms with E-state index in [1.807, 2.05) is 0 Å². The molecule has 3 N–H and O–H groups in total. The highest BCUT2D eigenvalue weighted by molar-refractivity contribution is 9.10. The number of nitrogens with one attached hydrogen (secondary N) is 3. The lowest BCUT2D eigenvalue weighted by Crippen LogP contribution is -2.56. The summed E-state index contributed by atoms with van der Waals surface area (Å²) in [5.74, 6) is -0.534. The summed E-state index contributed by atoms with van der Waals surface area (Å²) in [4.78, 5) is 12.2. The summed E-state index contributed by atoms with van der Waals surface area (Å²) in [6.45, 7) is 0. The van der Waals surface area contributed by atoms with Crippen LogP contribution in [0.4, 0.5) is 5.69 Å². The molecule has 5 nitrogen and oxygen atoms in total. The van der Waals surface area contributed by atoms with E-state index in [0.29, 0.717) is 15.4 Å². The summed E-state index contributed by atoms with van der Waals surface area (Å²) >= 11 is 31.8. The zero-order chi connectivity index (χ0) is 18.6. The van der Waals surface area contributed by atoms with E-state index in [1.165, 1.54) is 6.07 Å². The van der Waals surface area contributed by atoms with Gasteiger partial charge in [-0.15, -0.1) is 0 Å². The van der Waals surface area contributed by atoms with Gasteiger partial charge in [-0.2, -0.15) is 0 Å². The Morgan fingerprint density at radius 2 is 1.76 bits per heavy atom. The fourth-order valence-electron chi connectivity index (χ4n) is 1.67. The number of carbonyl (C=O) groups excluding carboxylic acids is 1. The van der Waals surface area contributed by atoms with Gasteiger partial charge in [0.1, 0.15) is 6.17 Å². The molecule has 0 bridgehead atoms. The summed E-state index contributed by atoms with van der Waals surface area (Å²) < 4.78 is 3.69. The Hall–Kier alpha value is -0.700. The summed E-state index contributed by atoms with van der Waals surface area (Å²) in [6, 6.07) is 9.86. The van der Waals surface area contributed by atoms with E-state index in [1.54, 1.807) is 30.3 Å². The molecule has 0 aliphatic carbocycles. The number of hydrogen-bond donors (Lipinski definition) is 3. The molecular weight excluding hydrogens is 496 g/mol. The smallest absolute Gasteiger partial charge is 0.288 e. The molecule has 2 rings (SSSR count). The minimum atomic E-state index is -1.87. The molecule has 0 aliphatic heterocycles. The van der Waals surface area contributed by atoms with E-state index < -0.39 is 15.9 Å². The molecular formula is C14H10BrCl4N3O2S.